The predicted octanol–water partition coefficient (Wildman–Crippen LogP) is 5.88. The number of hydrogen-bond donors (Lipinski definition) is 1. The fourth-order valence-electron chi connectivity index (χ4n) is 4.23. The molecule has 1 aromatic heterocycles. The zero-order chi connectivity index (χ0) is 27.8. The van der Waals surface area contributed by atoms with Crippen molar-refractivity contribution >= 4 is 22.8 Å². The van der Waals surface area contributed by atoms with Gasteiger partial charge in [0.2, 0.25) is 5.88 Å². The molecule has 4 rings (SSSR count). The normalized spacial score (nSPS) is 14.2. The molecule has 0 fully saturated rings. The predicted molar refractivity (Wildman–Crippen MR) is 121 cm³/mol. The van der Waals surface area contributed by atoms with E-state index in [0.717, 1.165) is 12.1 Å². The van der Waals surface area contributed by atoms with Gasteiger partial charge >= 0.3 is 12.4 Å². The summed E-state index contributed by atoms with van der Waals surface area (Å²) in [5.74, 6) is -2.98. The first-order valence-corrected chi connectivity index (χ1v) is 11.1. The fraction of sp³-hybridized carbons (Fsp3) is 0.231. The molecule has 2 aromatic carbocycles. The first-order chi connectivity index (χ1) is 17.7. The van der Waals surface area contributed by atoms with E-state index >= 15 is 0 Å². The number of ether oxygens (including phenoxy) is 1. The molecule has 0 atom stereocenters. The summed E-state index contributed by atoms with van der Waals surface area (Å²) in [6, 6.07) is 6.61. The Morgan fingerprint density at radius 1 is 0.947 bits per heavy atom. The van der Waals surface area contributed by atoms with Crippen molar-refractivity contribution in [1.82, 2.24) is 4.98 Å². The second kappa shape index (κ2) is 9.99. The SMILES string of the molecule is Nc1cc(C(=O)[O-])cc(C2=C(c3cc(C(F)(F)F)cnc3OCc3ccc(C(F)(F)F)cc3F)CCC2)c1. The maximum Gasteiger partial charge on any atom is 0.417 e. The molecule has 0 saturated heterocycles. The zero-order valence-corrected chi connectivity index (χ0v) is 19.3. The lowest BCUT2D eigenvalue weighted by molar-refractivity contribution is -0.255. The average molecular weight is 539 g/mol. The van der Waals surface area contributed by atoms with Gasteiger partial charge in [-0.3, -0.25) is 0 Å². The third-order valence-corrected chi connectivity index (χ3v) is 6.01. The van der Waals surface area contributed by atoms with Crippen LogP contribution in [0.5, 0.6) is 5.88 Å². The minimum Gasteiger partial charge on any atom is -0.545 e. The minimum atomic E-state index is -4.76. The summed E-state index contributed by atoms with van der Waals surface area (Å²) in [5, 5.41) is 11.4. The molecule has 0 aliphatic heterocycles. The number of hydrogen-bond acceptors (Lipinski definition) is 5. The van der Waals surface area contributed by atoms with Crippen LogP contribution in [0.4, 0.5) is 36.4 Å². The molecule has 200 valence electrons. The number of carboxylic acid groups (broad SMARTS) is 1. The van der Waals surface area contributed by atoms with E-state index in [-0.39, 0.29) is 28.3 Å². The molecule has 0 radical (unpaired) electrons. The van der Waals surface area contributed by atoms with E-state index in [1.807, 2.05) is 0 Å². The van der Waals surface area contributed by atoms with Crippen LogP contribution in [0.3, 0.4) is 0 Å². The number of nitrogens with two attached hydrogens (primary N) is 1. The number of pyridine rings is 1. The highest BCUT2D eigenvalue weighted by Crippen LogP contribution is 2.44. The number of allylic oxidation sites excluding steroid dienone is 2. The van der Waals surface area contributed by atoms with Gasteiger partial charge in [-0.2, -0.15) is 26.3 Å². The van der Waals surface area contributed by atoms with Crippen molar-refractivity contribution in [2.45, 2.75) is 38.2 Å². The van der Waals surface area contributed by atoms with Gasteiger partial charge in [-0.1, -0.05) is 6.07 Å². The van der Waals surface area contributed by atoms with Gasteiger partial charge in [0.05, 0.1) is 17.1 Å². The highest BCUT2D eigenvalue weighted by atomic mass is 19.4. The van der Waals surface area contributed by atoms with Crippen molar-refractivity contribution in [3.8, 4) is 5.88 Å². The first kappa shape index (κ1) is 27.0. The van der Waals surface area contributed by atoms with Crippen molar-refractivity contribution < 1.29 is 45.4 Å². The summed E-state index contributed by atoms with van der Waals surface area (Å²) in [6.45, 7) is -0.606. The molecule has 0 bridgehead atoms. The Bertz CT molecular complexity index is 1430. The van der Waals surface area contributed by atoms with E-state index in [9.17, 15) is 40.6 Å². The topological polar surface area (TPSA) is 88.3 Å². The molecule has 0 unspecified atom stereocenters. The number of carboxylic acids is 1. The smallest absolute Gasteiger partial charge is 0.417 e. The van der Waals surface area contributed by atoms with Crippen LogP contribution in [0.15, 0.2) is 48.7 Å². The number of benzene rings is 2. The van der Waals surface area contributed by atoms with Crippen LogP contribution < -0.4 is 15.6 Å². The summed E-state index contributed by atoms with van der Waals surface area (Å²) in [4.78, 5) is 15.1. The number of alkyl halides is 6. The zero-order valence-electron chi connectivity index (χ0n) is 19.3. The van der Waals surface area contributed by atoms with Gasteiger partial charge < -0.3 is 20.4 Å². The molecule has 3 aromatic rings. The summed E-state index contributed by atoms with van der Waals surface area (Å²) >= 11 is 0. The van der Waals surface area contributed by atoms with Gasteiger partial charge in [0, 0.05) is 23.0 Å². The maximum atomic E-state index is 14.3. The number of anilines is 1. The van der Waals surface area contributed by atoms with Crippen LogP contribution in [0.25, 0.3) is 11.1 Å². The van der Waals surface area contributed by atoms with Gasteiger partial charge in [0.15, 0.2) is 0 Å². The second-order valence-electron chi connectivity index (χ2n) is 8.61. The van der Waals surface area contributed by atoms with Crippen molar-refractivity contribution in [2.24, 2.45) is 0 Å². The Morgan fingerprint density at radius 2 is 1.63 bits per heavy atom. The maximum absolute atomic E-state index is 14.3. The fourth-order valence-corrected chi connectivity index (χ4v) is 4.23. The van der Waals surface area contributed by atoms with E-state index in [1.165, 1.54) is 18.2 Å². The van der Waals surface area contributed by atoms with Crippen molar-refractivity contribution in [3.63, 3.8) is 0 Å². The molecule has 2 N–H and O–H groups in total. The summed E-state index contributed by atoms with van der Waals surface area (Å²) in [7, 11) is 0. The summed E-state index contributed by atoms with van der Waals surface area (Å²) < 4.78 is 98.9. The van der Waals surface area contributed by atoms with E-state index in [0.29, 0.717) is 54.3 Å². The van der Waals surface area contributed by atoms with Gasteiger partial charge in [-0.15, -0.1) is 0 Å². The average Bonchev–Trinajstić information content (AvgIpc) is 3.31. The highest BCUT2D eigenvalue weighted by Gasteiger charge is 2.34. The quantitative estimate of drug-likeness (QED) is 0.312. The largest absolute Gasteiger partial charge is 0.545 e. The number of nitrogens with zero attached hydrogens (tertiary/aromatic N) is 1. The summed E-state index contributed by atoms with van der Waals surface area (Å²) in [6.07, 6.45) is -7.79. The van der Waals surface area contributed by atoms with Crippen LogP contribution in [0.1, 0.15) is 57.4 Å². The first-order valence-electron chi connectivity index (χ1n) is 11.1. The molecule has 0 saturated carbocycles. The van der Waals surface area contributed by atoms with Crippen molar-refractivity contribution in [3.05, 3.63) is 87.9 Å². The lowest BCUT2D eigenvalue weighted by Crippen LogP contribution is -2.22. The molecule has 1 aliphatic rings. The third kappa shape index (κ3) is 5.74. The molecule has 1 aliphatic carbocycles. The number of aromatic nitrogens is 1. The number of aromatic carboxylic acids is 1. The monoisotopic (exact) mass is 539 g/mol. The lowest BCUT2D eigenvalue weighted by atomic mass is 9.95. The van der Waals surface area contributed by atoms with E-state index in [4.69, 9.17) is 10.5 Å². The second-order valence-corrected chi connectivity index (χ2v) is 8.61. The third-order valence-electron chi connectivity index (χ3n) is 6.01. The standard InChI is InChI=1S/C26H19F7N2O3/c27-22-10-16(25(28,29)30)5-4-13(22)12-38-23-21(9-17(11-35-23)26(31,32)33)20-3-1-2-19(20)14-6-15(24(36)37)8-18(34)7-14/h4-11H,1-3,12,34H2,(H,36,37)/p-1. The molecule has 12 heteroatoms. The number of halogens is 7. The highest BCUT2D eigenvalue weighted by molar-refractivity contribution is 5.96. The Labute approximate surface area is 211 Å². The Kier molecular flexibility index (Phi) is 7.09. The molecule has 38 heavy (non-hydrogen) atoms. The van der Waals surface area contributed by atoms with Crippen LogP contribution in [0.2, 0.25) is 0 Å². The Hall–Kier alpha value is -4.09. The molecule has 1 heterocycles. The van der Waals surface area contributed by atoms with Gasteiger partial charge in [-0.05, 0) is 77.9 Å². The van der Waals surface area contributed by atoms with Gasteiger partial charge in [0.25, 0.3) is 0 Å². The minimum absolute atomic E-state index is 0.0583. The molecule has 0 spiro atoms. The lowest BCUT2D eigenvalue weighted by Gasteiger charge is -2.17. The van der Waals surface area contributed by atoms with Crippen molar-refractivity contribution in [2.75, 3.05) is 5.73 Å². The molecular formula is C26H18F7N2O3-. The summed E-state index contributed by atoms with van der Waals surface area (Å²) in [5.41, 5.74) is 4.39. The number of rotatable bonds is 6. The Morgan fingerprint density at radius 3 is 2.26 bits per heavy atom. The van der Waals surface area contributed by atoms with Crippen LogP contribution >= 0.6 is 0 Å². The van der Waals surface area contributed by atoms with Crippen LogP contribution in [-0.4, -0.2) is 11.0 Å². The van der Waals surface area contributed by atoms with Crippen LogP contribution in [0, 0.1) is 5.82 Å². The van der Waals surface area contributed by atoms with Gasteiger partial charge in [-0.25, -0.2) is 9.37 Å². The molecular weight excluding hydrogens is 521 g/mol. The Balaban J connectivity index is 1.77. The van der Waals surface area contributed by atoms with Crippen LogP contribution in [-0.2, 0) is 19.0 Å². The number of carbonyl (C=O) groups excluding carboxylic acids is 1. The van der Waals surface area contributed by atoms with Gasteiger partial charge in [0.1, 0.15) is 12.4 Å². The molecule has 5 nitrogen and oxygen atoms in total. The number of carbonyl (C=O) groups is 1. The molecule has 0 amide bonds. The van der Waals surface area contributed by atoms with E-state index < -0.39 is 41.9 Å². The van der Waals surface area contributed by atoms with E-state index in [2.05, 4.69) is 4.98 Å². The van der Waals surface area contributed by atoms with Crippen molar-refractivity contribution in [1.29, 1.82) is 0 Å². The van der Waals surface area contributed by atoms with E-state index in [1.54, 1.807) is 0 Å². The number of nitrogen functional groups attached to an aromatic ring is 1.